The lowest BCUT2D eigenvalue weighted by Crippen LogP contribution is -2.49. The Kier molecular flexibility index (Phi) is 6.66. The van der Waals surface area contributed by atoms with Crippen LogP contribution < -0.4 is 26.8 Å². The van der Waals surface area contributed by atoms with Crippen LogP contribution >= 0.6 is 11.6 Å². The number of furan rings is 1. The maximum Gasteiger partial charge on any atom is 0.337 e. The third-order valence-corrected chi connectivity index (χ3v) is 3.05. The van der Waals surface area contributed by atoms with Gasteiger partial charge in [0.05, 0.1) is 12.8 Å². The highest BCUT2D eigenvalue weighted by Gasteiger charge is 2.07. The molecular formula is C15H16ClN5O4. The number of hydrogen-bond donors (Lipinski definition) is 5. The Balaban J connectivity index is 1.61. The molecule has 9 nitrogen and oxygen atoms in total. The molecule has 0 spiro atoms. The first-order valence-electron chi connectivity index (χ1n) is 7.18. The number of carbonyl (C=O) groups excluding carboxylic acids is 3. The lowest BCUT2D eigenvalue weighted by atomic mass is 10.3. The van der Waals surface area contributed by atoms with E-state index in [1.165, 1.54) is 6.26 Å². The van der Waals surface area contributed by atoms with E-state index < -0.39 is 18.0 Å². The van der Waals surface area contributed by atoms with Gasteiger partial charge in [-0.25, -0.2) is 15.0 Å². The third-order valence-electron chi connectivity index (χ3n) is 2.81. The third kappa shape index (κ3) is 6.83. The SMILES string of the molecule is O=C(CNC(=O)NCc1ccco1)NNC(=O)Nc1cccc(Cl)c1. The molecule has 1 aromatic heterocycles. The monoisotopic (exact) mass is 365 g/mol. The van der Waals surface area contributed by atoms with Crippen molar-refractivity contribution in [3.05, 3.63) is 53.4 Å². The van der Waals surface area contributed by atoms with Gasteiger partial charge in [-0.3, -0.25) is 10.2 Å². The largest absolute Gasteiger partial charge is 0.467 e. The van der Waals surface area contributed by atoms with Gasteiger partial charge in [-0.2, -0.15) is 0 Å². The second-order valence-electron chi connectivity index (χ2n) is 4.75. The van der Waals surface area contributed by atoms with Crippen LogP contribution in [-0.2, 0) is 11.3 Å². The van der Waals surface area contributed by atoms with Crippen LogP contribution in [0.2, 0.25) is 5.02 Å². The molecule has 1 heterocycles. The van der Waals surface area contributed by atoms with Gasteiger partial charge >= 0.3 is 12.1 Å². The normalized spacial score (nSPS) is 9.80. The number of urea groups is 2. The number of hydrogen-bond acceptors (Lipinski definition) is 4. The Hall–Kier alpha value is -3.20. The van der Waals surface area contributed by atoms with Crippen LogP contribution in [0.25, 0.3) is 0 Å². The molecule has 132 valence electrons. The quantitative estimate of drug-likeness (QED) is 0.516. The maximum atomic E-state index is 11.6. The van der Waals surface area contributed by atoms with Crippen LogP contribution in [0.3, 0.4) is 0 Å². The van der Waals surface area contributed by atoms with Gasteiger partial charge in [0.1, 0.15) is 12.3 Å². The van der Waals surface area contributed by atoms with Gasteiger partial charge in [0.15, 0.2) is 0 Å². The zero-order chi connectivity index (χ0) is 18.1. The van der Waals surface area contributed by atoms with Crippen molar-refractivity contribution in [1.29, 1.82) is 0 Å². The van der Waals surface area contributed by atoms with Crippen LogP contribution in [0.4, 0.5) is 15.3 Å². The number of amides is 5. The van der Waals surface area contributed by atoms with Crippen LogP contribution in [0.1, 0.15) is 5.76 Å². The zero-order valence-corrected chi connectivity index (χ0v) is 13.7. The average Bonchev–Trinajstić information content (AvgIpc) is 3.10. The van der Waals surface area contributed by atoms with E-state index in [4.69, 9.17) is 16.0 Å². The highest BCUT2D eigenvalue weighted by molar-refractivity contribution is 6.30. The van der Waals surface area contributed by atoms with Crippen molar-refractivity contribution in [2.45, 2.75) is 6.54 Å². The molecule has 5 N–H and O–H groups in total. The molecule has 25 heavy (non-hydrogen) atoms. The molecule has 0 bridgehead atoms. The standard InChI is InChI=1S/C15H16ClN5O4/c16-10-3-1-4-11(7-10)19-15(24)21-20-13(22)9-18-14(23)17-8-12-5-2-6-25-12/h1-7H,8-9H2,(H,20,22)(H2,17,18,23)(H2,19,21,24). The first kappa shape index (κ1) is 18.1. The summed E-state index contributed by atoms with van der Waals surface area (Å²) in [7, 11) is 0. The number of nitrogens with one attached hydrogen (secondary N) is 5. The second-order valence-corrected chi connectivity index (χ2v) is 5.19. The first-order chi connectivity index (χ1) is 12.0. The molecule has 0 atom stereocenters. The molecular weight excluding hydrogens is 350 g/mol. The van der Waals surface area contributed by atoms with Crippen LogP contribution in [0.15, 0.2) is 47.1 Å². The summed E-state index contributed by atoms with van der Waals surface area (Å²) in [4.78, 5) is 34.7. The van der Waals surface area contributed by atoms with Gasteiger partial charge in [0.2, 0.25) is 0 Å². The summed E-state index contributed by atoms with van der Waals surface area (Å²) in [5, 5.41) is 7.78. The fourth-order valence-electron chi connectivity index (χ4n) is 1.70. The van der Waals surface area contributed by atoms with Gasteiger partial charge < -0.3 is 20.4 Å². The van der Waals surface area contributed by atoms with Crippen molar-refractivity contribution < 1.29 is 18.8 Å². The van der Waals surface area contributed by atoms with Gasteiger partial charge in [-0.1, -0.05) is 17.7 Å². The van der Waals surface area contributed by atoms with Gasteiger partial charge in [0, 0.05) is 10.7 Å². The molecule has 1 aromatic carbocycles. The molecule has 0 saturated heterocycles. The topological polar surface area (TPSA) is 124 Å². The highest BCUT2D eigenvalue weighted by atomic mass is 35.5. The highest BCUT2D eigenvalue weighted by Crippen LogP contribution is 2.14. The van der Waals surface area contributed by atoms with Crippen molar-refractivity contribution >= 4 is 35.3 Å². The van der Waals surface area contributed by atoms with Gasteiger partial charge in [-0.05, 0) is 30.3 Å². The summed E-state index contributed by atoms with van der Waals surface area (Å²) in [6.07, 6.45) is 1.49. The number of benzene rings is 1. The number of rotatable bonds is 5. The lowest BCUT2D eigenvalue weighted by Gasteiger charge is -2.10. The van der Waals surface area contributed by atoms with E-state index in [0.29, 0.717) is 16.5 Å². The van der Waals surface area contributed by atoms with Crippen molar-refractivity contribution in [3.63, 3.8) is 0 Å². The van der Waals surface area contributed by atoms with E-state index in [1.54, 1.807) is 36.4 Å². The minimum Gasteiger partial charge on any atom is -0.467 e. The first-order valence-corrected chi connectivity index (χ1v) is 7.56. The number of hydrazine groups is 1. The summed E-state index contributed by atoms with van der Waals surface area (Å²) in [5.41, 5.74) is 4.76. The molecule has 5 amide bonds. The summed E-state index contributed by atoms with van der Waals surface area (Å²) in [6.45, 7) is -0.123. The minimum atomic E-state index is -0.655. The molecule has 0 aliphatic carbocycles. The van der Waals surface area contributed by atoms with Crippen LogP contribution in [0.5, 0.6) is 0 Å². The van der Waals surface area contributed by atoms with E-state index >= 15 is 0 Å². The van der Waals surface area contributed by atoms with Crippen molar-refractivity contribution in [1.82, 2.24) is 21.5 Å². The van der Waals surface area contributed by atoms with E-state index in [9.17, 15) is 14.4 Å². The van der Waals surface area contributed by atoms with E-state index in [0.717, 1.165) is 0 Å². The van der Waals surface area contributed by atoms with Crippen LogP contribution in [-0.4, -0.2) is 24.5 Å². The average molecular weight is 366 g/mol. The number of anilines is 1. The molecule has 0 aliphatic rings. The molecule has 2 rings (SSSR count). The summed E-state index contributed by atoms with van der Waals surface area (Å²) >= 11 is 5.79. The summed E-state index contributed by atoms with van der Waals surface area (Å²) in [5.74, 6) is -0.0200. The maximum absolute atomic E-state index is 11.6. The Morgan fingerprint density at radius 1 is 1.00 bits per heavy atom. The Morgan fingerprint density at radius 2 is 1.84 bits per heavy atom. The molecule has 2 aromatic rings. The van der Waals surface area contributed by atoms with Crippen molar-refractivity contribution in [3.8, 4) is 0 Å². The Labute approximate surface area is 148 Å². The van der Waals surface area contributed by atoms with Gasteiger partial charge in [-0.15, -0.1) is 0 Å². The zero-order valence-electron chi connectivity index (χ0n) is 13.0. The minimum absolute atomic E-state index is 0.195. The van der Waals surface area contributed by atoms with E-state index in [2.05, 4.69) is 26.8 Å². The molecule has 0 aliphatic heterocycles. The predicted molar refractivity (Wildman–Crippen MR) is 90.7 cm³/mol. The smallest absolute Gasteiger partial charge is 0.337 e. The Morgan fingerprint density at radius 3 is 2.56 bits per heavy atom. The van der Waals surface area contributed by atoms with Gasteiger partial charge in [0.25, 0.3) is 5.91 Å². The predicted octanol–water partition coefficient (Wildman–Crippen LogP) is 1.59. The molecule has 0 saturated carbocycles. The molecule has 0 unspecified atom stereocenters. The number of halogens is 1. The molecule has 0 fully saturated rings. The molecule has 10 heteroatoms. The van der Waals surface area contributed by atoms with E-state index in [-0.39, 0.29) is 13.1 Å². The van der Waals surface area contributed by atoms with Crippen molar-refractivity contribution in [2.75, 3.05) is 11.9 Å². The fourth-order valence-corrected chi connectivity index (χ4v) is 1.89. The number of carbonyl (C=O) groups is 3. The fraction of sp³-hybridized carbons (Fsp3) is 0.133. The van der Waals surface area contributed by atoms with Crippen LogP contribution in [0, 0.1) is 0 Å². The second kappa shape index (κ2) is 9.18. The van der Waals surface area contributed by atoms with E-state index in [1.807, 2.05) is 0 Å². The Bertz CT molecular complexity index is 735. The lowest BCUT2D eigenvalue weighted by molar-refractivity contribution is -0.120. The summed E-state index contributed by atoms with van der Waals surface area (Å²) < 4.78 is 5.05. The summed E-state index contributed by atoms with van der Waals surface area (Å²) in [6, 6.07) is 8.72. The molecule has 0 radical (unpaired) electrons. The van der Waals surface area contributed by atoms with Crippen molar-refractivity contribution in [2.24, 2.45) is 0 Å².